The zero-order chi connectivity index (χ0) is 28.9. The van der Waals surface area contributed by atoms with Gasteiger partial charge in [-0.05, 0) is 117 Å². The van der Waals surface area contributed by atoms with Crippen LogP contribution in [-0.4, -0.2) is 0 Å². The summed E-state index contributed by atoms with van der Waals surface area (Å²) in [7, 11) is 0. The molecular weight excluding hydrogens is 504 g/mol. The molecule has 0 nitrogen and oxygen atoms in total. The fourth-order valence-corrected chi connectivity index (χ4v) is 8.77. The smallest absolute Gasteiger partial charge is 0.0159 e. The zero-order valence-corrected chi connectivity index (χ0v) is 25.7. The van der Waals surface area contributed by atoms with Gasteiger partial charge in [-0.1, -0.05) is 121 Å². The van der Waals surface area contributed by atoms with Gasteiger partial charge >= 0.3 is 0 Å². The van der Waals surface area contributed by atoms with Crippen LogP contribution in [0.4, 0.5) is 0 Å². The van der Waals surface area contributed by atoms with Crippen LogP contribution >= 0.6 is 0 Å². The predicted octanol–water partition coefficient (Wildman–Crippen LogP) is 11.6. The Balaban J connectivity index is 1.38. The summed E-state index contributed by atoms with van der Waals surface area (Å²) in [4.78, 5) is 0. The Hall–Kier alpha value is -4.16. The first kappa shape index (κ1) is 24.4. The summed E-state index contributed by atoms with van der Waals surface area (Å²) < 4.78 is 0. The van der Waals surface area contributed by atoms with Crippen LogP contribution in [0.1, 0.15) is 76.3 Å². The number of hydrogen-bond donors (Lipinski definition) is 0. The van der Waals surface area contributed by atoms with Crippen LogP contribution in [-0.2, 0) is 16.2 Å². The summed E-state index contributed by atoms with van der Waals surface area (Å²) in [5.41, 5.74) is 18.4. The molecule has 0 amide bonds. The average Bonchev–Trinajstić information content (AvgIpc) is 3.49. The topological polar surface area (TPSA) is 0 Å². The first-order chi connectivity index (χ1) is 20.0. The van der Waals surface area contributed by atoms with E-state index in [2.05, 4.69) is 139 Å². The molecule has 0 fully saturated rings. The van der Waals surface area contributed by atoms with Crippen LogP contribution in [0.5, 0.6) is 0 Å². The molecule has 0 N–H and O–H groups in total. The minimum absolute atomic E-state index is 0.0698. The molecule has 42 heavy (non-hydrogen) atoms. The lowest BCUT2D eigenvalue weighted by Gasteiger charge is -2.27. The molecule has 6 aromatic carbocycles. The van der Waals surface area contributed by atoms with Crippen molar-refractivity contribution < 1.29 is 0 Å². The molecule has 0 aliphatic heterocycles. The van der Waals surface area contributed by atoms with Gasteiger partial charge in [-0.3, -0.25) is 0 Å². The monoisotopic (exact) mass is 540 g/mol. The molecule has 0 unspecified atom stereocenters. The fraction of sp³-hybridized carbons (Fsp3) is 0.238. The van der Waals surface area contributed by atoms with Gasteiger partial charge in [-0.15, -0.1) is 0 Å². The molecule has 0 spiro atoms. The van der Waals surface area contributed by atoms with Gasteiger partial charge in [-0.25, -0.2) is 0 Å². The third-order valence-corrected chi connectivity index (χ3v) is 10.9. The summed E-state index contributed by atoms with van der Waals surface area (Å²) in [5, 5.41) is 5.60. The van der Waals surface area contributed by atoms with E-state index in [1.165, 1.54) is 93.9 Å². The second kappa shape index (κ2) is 7.42. The van der Waals surface area contributed by atoms with E-state index in [1.807, 2.05) is 0 Å². The summed E-state index contributed by atoms with van der Waals surface area (Å²) in [6.45, 7) is 16.8. The van der Waals surface area contributed by atoms with Gasteiger partial charge in [-0.2, -0.15) is 0 Å². The lowest BCUT2D eigenvalue weighted by molar-refractivity contribution is 0.590. The normalized spacial score (nSPS) is 16.4. The van der Waals surface area contributed by atoms with Crippen molar-refractivity contribution in [2.75, 3.05) is 0 Å². The minimum Gasteiger partial charge on any atom is -0.0616 e. The SMILES string of the molecule is CC(C)(C)c1cc2c(c3ccccc13)-c1cc3c(cc1C2(C)C)-c1c(cc2c4c(cccc14)-c1ccccc1-2)C3(C)C. The molecular formula is C42H36. The molecule has 3 aliphatic rings. The summed E-state index contributed by atoms with van der Waals surface area (Å²) in [6, 6.07) is 35.2. The van der Waals surface area contributed by atoms with Gasteiger partial charge in [0.05, 0.1) is 0 Å². The van der Waals surface area contributed by atoms with E-state index in [4.69, 9.17) is 0 Å². The highest BCUT2D eigenvalue weighted by atomic mass is 14.5. The second-order valence-electron chi connectivity index (χ2n) is 15.0. The van der Waals surface area contributed by atoms with Crippen LogP contribution < -0.4 is 0 Å². The van der Waals surface area contributed by atoms with Gasteiger partial charge in [0.15, 0.2) is 0 Å². The maximum absolute atomic E-state index is 2.58. The molecule has 204 valence electrons. The number of benzene rings is 6. The lowest BCUT2D eigenvalue weighted by atomic mass is 9.76. The van der Waals surface area contributed by atoms with E-state index in [0.717, 1.165) is 0 Å². The van der Waals surface area contributed by atoms with Gasteiger partial charge in [0.25, 0.3) is 0 Å². The second-order valence-corrected chi connectivity index (χ2v) is 15.0. The highest BCUT2D eigenvalue weighted by Gasteiger charge is 2.44. The van der Waals surface area contributed by atoms with Crippen LogP contribution in [0.25, 0.3) is 66.1 Å². The Morgan fingerprint density at radius 1 is 0.429 bits per heavy atom. The fourth-order valence-electron chi connectivity index (χ4n) is 8.77. The Morgan fingerprint density at radius 2 is 0.905 bits per heavy atom. The molecule has 6 aromatic rings. The zero-order valence-electron chi connectivity index (χ0n) is 25.7. The third kappa shape index (κ3) is 2.75. The van der Waals surface area contributed by atoms with Crippen molar-refractivity contribution >= 4 is 21.5 Å². The van der Waals surface area contributed by atoms with Crippen LogP contribution in [0, 0.1) is 0 Å². The molecule has 0 saturated heterocycles. The first-order valence-corrected chi connectivity index (χ1v) is 15.5. The van der Waals surface area contributed by atoms with E-state index < -0.39 is 0 Å². The quantitative estimate of drug-likeness (QED) is 0.179. The van der Waals surface area contributed by atoms with Crippen molar-refractivity contribution in [1.29, 1.82) is 0 Å². The highest BCUT2D eigenvalue weighted by Crippen LogP contribution is 2.61. The molecule has 0 atom stereocenters. The maximum atomic E-state index is 2.58. The highest BCUT2D eigenvalue weighted by molar-refractivity contribution is 6.20. The van der Waals surface area contributed by atoms with E-state index in [0.29, 0.717) is 0 Å². The van der Waals surface area contributed by atoms with Crippen LogP contribution in [0.3, 0.4) is 0 Å². The standard InChI is InChI=1S/C42H36/c1-40(2,3)32-22-36-38(27-16-11-10-15-25(27)32)30-20-34-31(21-33(30)42(36,6)7)39-28-18-12-17-26-23-13-8-9-14-24(23)29(37(26)28)19-35(39)41(34,4)5/h8-22H,1-7H3. The molecule has 0 radical (unpaired) electrons. The molecule has 9 rings (SSSR count). The average molecular weight is 541 g/mol. The Morgan fingerprint density at radius 3 is 1.55 bits per heavy atom. The van der Waals surface area contributed by atoms with Gasteiger partial charge in [0.2, 0.25) is 0 Å². The van der Waals surface area contributed by atoms with Crippen molar-refractivity contribution in [3.8, 4) is 44.5 Å². The Bertz CT molecular complexity index is 2210. The van der Waals surface area contributed by atoms with Crippen LogP contribution in [0.2, 0.25) is 0 Å². The summed E-state index contributed by atoms with van der Waals surface area (Å²) >= 11 is 0. The Labute approximate surface area is 249 Å². The van der Waals surface area contributed by atoms with E-state index in [-0.39, 0.29) is 16.2 Å². The van der Waals surface area contributed by atoms with Gasteiger partial charge < -0.3 is 0 Å². The van der Waals surface area contributed by atoms with Crippen molar-refractivity contribution in [2.24, 2.45) is 0 Å². The Kier molecular flexibility index (Phi) is 4.32. The van der Waals surface area contributed by atoms with Gasteiger partial charge in [0.1, 0.15) is 0 Å². The van der Waals surface area contributed by atoms with Crippen LogP contribution in [0.15, 0.2) is 91.0 Å². The molecule has 0 heteroatoms. The van der Waals surface area contributed by atoms with E-state index in [9.17, 15) is 0 Å². The number of hydrogen-bond acceptors (Lipinski definition) is 0. The summed E-state index contributed by atoms with van der Waals surface area (Å²) in [5.74, 6) is 0. The van der Waals surface area contributed by atoms with Crippen molar-refractivity contribution in [3.63, 3.8) is 0 Å². The van der Waals surface area contributed by atoms with Gasteiger partial charge in [0, 0.05) is 10.8 Å². The van der Waals surface area contributed by atoms with E-state index in [1.54, 1.807) is 0 Å². The van der Waals surface area contributed by atoms with Crippen molar-refractivity contribution in [3.05, 3.63) is 119 Å². The van der Waals surface area contributed by atoms with Crippen molar-refractivity contribution in [2.45, 2.75) is 64.7 Å². The molecule has 0 aromatic heterocycles. The molecule has 0 saturated carbocycles. The largest absolute Gasteiger partial charge is 0.0616 e. The van der Waals surface area contributed by atoms with E-state index >= 15 is 0 Å². The predicted molar refractivity (Wildman–Crippen MR) is 180 cm³/mol. The third-order valence-electron chi connectivity index (χ3n) is 10.9. The first-order valence-electron chi connectivity index (χ1n) is 15.5. The molecule has 3 aliphatic carbocycles. The maximum Gasteiger partial charge on any atom is 0.0159 e. The number of fused-ring (bicyclic) bond motifs is 12. The summed E-state index contributed by atoms with van der Waals surface area (Å²) in [6.07, 6.45) is 0. The molecule has 0 bridgehead atoms. The van der Waals surface area contributed by atoms with Crippen molar-refractivity contribution in [1.82, 2.24) is 0 Å². The lowest BCUT2D eigenvalue weighted by Crippen LogP contribution is -2.18. The minimum atomic E-state index is -0.0913. The molecule has 0 heterocycles. The number of rotatable bonds is 0.